The van der Waals surface area contributed by atoms with E-state index in [9.17, 15) is 18.0 Å². The number of fused-ring (bicyclic) bond motifs is 3. The van der Waals surface area contributed by atoms with E-state index in [1.54, 1.807) is 34.7 Å². The summed E-state index contributed by atoms with van der Waals surface area (Å²) in [7, 11) is 0. The summed E-state index contributed by atoms with van der Waals surface area (Å²) >= 11 is 0. The molecule has 1 fully saturated rings. The largest absolute Gasteiger partial charge is 0.416 e. The number of nitrogens with one attached hydrogen (secondary N) is 1. The van der Waals surface area contributed by atoms with E-state index < -0.39 is 17.4 Å². The Bertz CT molecular complexity index is 1510. The van der Waals surface area contributed by atoms with Crippen LogP contribution in [0.1, 0.15) is 42.3 Å². The second kappa shape index (κ2) is 8.86. The number of carbonyl (C=O) groups excluding carboxylic acids is 1. The van der Waals surface area contributed by atoms with Crippen LogP contribution in [0.4, 0.5) is 29.1 Å². The van der Waals surface area contributed by atoms with Gasteiger partial charge in [0.25, 0.3) is 0 Å². The van der Waals surface area contributed by atoms with E-state index in [1.165, 1.54) is 13.0 Å². The lowest BCUT2D eigenvalue weighted by Gasteiger charge is -2.36. The molecule has 4 heterocycles. The highest BCUT2D eigenvalue weighted by Gasteiger charge is 2.39. The smallest absolute Gasteiger partial charge is 0.399 e. The molecule has 0 bridgehead atoms. The highest BCUT2D eigenvalue weighted by molar-refractivity contribution is 5.90. The standard InChI is InChI=1S/C25H25F4N7O/c1-14-33-21(32-13-16-9-17(25(27,28)29)11-18(30)10-16)19-12-20(23-31-5-8-36(23)22(19)34-14)24(26)3-6-35(7-4-24)15(2)37/h5,8-12H,3-4,6-7,13,30H2,1-2H3,(H,32,33,34). The van der Waals surface area contributed by atoms with E-state index in [0.717, 1.165) is 12.1 Å². The molecule has 5 rings (SSSR count). The topological polar surface area (TPSA) is 101 Å². The molecule has 3 aromatic heterocycles. The molecule has 1 aromatic carbocycles. The monoisotopic (exact) mass is 515 g/mol. The van der Waals surface area contributed by atoms with Gasteiger partial charge in [0.2, 0.25) is 5.91 Å². The number of aryl methyl sites for hydroxylation is 1. The number of piperidine rings is 1. The number of alkyl halides is 4. The van der Waals surface area contributed by atoms with Crippen molar-refractivity contribution in [2.45, 2.75) is 45.1 Å². The molecular weight excluding hydrogens is 490 g/mol. The summed E-state index contributed by atoms with van der Waals surface area (Å²) < 4.78 is 57.8. The average Bonchev–Trinajstić information content (AvgIpc) is 3.32. The van der Waals surface area contributed by atoms with Gasteiger partial charge in [-0.15, -0.1) is 0 Å². The normalized spacial score (nSPS) is 15.9. The first-order valence-electron chi connectivity index (χ1n) is 11.7. The third-order valence-corrected chi connectivity index (χ3v) is 6.72. The summed E-state index contributed by atoms with van der Waals surface area (Å²) in [5, 5.41) is 3.59. The molecule has 37 heavy (non-hydrogen) atoms. The molecule has 1 aliphatic heterocycles. The first-order valence-corrected chi connectivity index (χ1v) is 11.7. The van der Waals surface area contributed by atoms with Gasteiger partial charge in [-0.2, -0.15) is 13.2 Å². The number of nitrogens with zero attached hydrogens (tertiary/aromatic N) is 5. The summed E-state index contributed by atoms with van der Waals surface area (Å²) in [6.45, 7) is 3.72. The summed E-state index contributed by atoms with van der Waals surface area (Å²) in [5.41, 5.74) is 4.70. The fraction of sp³-hybridized carbons (Fsp3) is 0.360. The number of rotatable bonds is 4. The Morgan fingerprint density at radius 3 is 2.54 bits per heavy atom. The number of hydrogen-bond donors (Lipinski definition) is 2. The van der Waals surface area contributed by atoms with Gasteiger partial charge in [0.15, 0.2) is 5.65 Å². The van der Waals surface area contributed by atoms with Gasteiger partial charge < -0.3 is 16.0 Å². The maximum atomic E-state index is 16.4. The highest BCUT2D eigenvalue weighted by Crippen LogP contribution is 2.41. The molecule has 0 aliphatic carbocycles. The van der Waals surface area contributed by atoms with Crippen LogP contribution in [-0.4, -0.2) is 43.2 Å². The fourth-order valence-electron chi connectivity index (χ4n) is 4.85. The van der Waals surface area contributed by atoms with Crippen molar-refractivity contribution in [1.29, 1.82) is 0 Å². The Kier molecular flexibility index (Phi) is 5.92. The Morgan fingerprint density at radius 2 is 1.86 bits per heavy atom. The third kappa shape index (κ3) is 4.63. The molecule has 3 N–H and O–H groups in total. The molecule has 1 saturated heterocycles. The maximum absolute atomic E-state index is 16.4. The van der Waals surface area contributed by atoms with Crippen molar-refractivity contribution < 1.29 is 22.4 Å². The first-order chi connectivity index (χ1) is 17.4. The van der Waals surface area contributed by atoms with Crippen LogP contribution in [0.5, 0.6) is 0 Å². The minimum Gasteiger partial charge on any atom is -0.399 e. The zero-order valence-electron chi connectivity index (χ0n) is 20.2. The minimum absolute atomic E-state index is 0.00527. The van der Waals surface area contributed by atoms with E-state index in [1.807, 2.05) is 0 Å². The van der Waals surface area contributed by atoms with Crippen molar-refractivity contribution in [3.8, 4) is 0 Å². The molecule has 0 unspecified atom stereocenters. The number of anilines is 2. The van der Waals surface area contributed by atoms with Crippen molar-refractivity contribution in [1.82, 2.24) is 24.3 Å². The maximum Gasteiger partial charge on any atom is 0.416 e. The number of likely N-dealkylation sites (tertiary alicyclic amines) is 1. The predicted molar refractivity (Wildman–Crippen MR) is 130 cm³/mol. The molecule has 0 atom stereocenters. The van der Waals surface area contributed by atoms with Gasteiger partial charge in [0, 0.05) is 63.0 Å². The van der Waals surface area contributed by atoms with Crippen LogP contribution >= 0.6 is 0 Å². The lowest BCUT2D eigenvalue weighted by molar-refractivity contribution is -0.137. The van der Waals surface area contributed by atoms with Gasteiger partial charge in [0.1, 0.15) is 23.0 Å². The second-order valence-electron chi connectivity index (χ2n) is 9.32. The van der Waals surface area contributed by atoms with E-state index >= 15 is 4.39 Å². The Hall–Kier alpha value is -3.96. The molecule has 12 heteroatoms. The number of pyridine rings is 1. The molecule has 1 aliphatic rings. The number of imidazole rings is 1. The summed E-state index contributed by atoms with van der Waals surface area (Å²) in [6.07, 6.45) is -1.07. The number of benzene rings is 1. The average molecular weight is 516 g/mol. The Morgan fingerprint density at radius 1 is 1.14 bits per heavy atom. The Labute approximate surface area is 209 Å². The molecule has 4 aromatic rings. The third-order valence-electron chi connectivity index (χ3n) is 6.72. The van der Waals surface area contributed by atoms with Crippen LogP contribution in [0.25, 0.3) is 16.7 Å². The van der Waals surface area contributed by atoms with Gasteiger partial charge >= 0.3 is 6.18 Å². The number of nitrogen functional groups attached to an aromatic ring is 1. The number of amides is 1. The van der Waals surface area contributed by atoms with Gasteiger partial charge in [-0.25, -0.2) is 19.3 Å². The van der Waals surface area contributed by atoms with Crippen LogP contribution in [0.15, 0.2) is 36.7 Å². The molecule has 0 spiro atoms. The molecular formula is C25H25F4N7O. The summed E-state index contributed by atoms with van der Waals surface area (Å²) in [4.78, 5) is 26.7. The zero-order chi connectivity index (χ0) is 26.5. The van der Waals surface area contributed by atoms with Crippen molar-refractivity contribution in [2.75, 3.05) is 24.1 Å². The van der Waals surface area contributed by atoms with E-state index in [2.05, 4.69) is 20.3 Å². The van der Waals surface area contributed by atoms with Crippen LogP contribution in [0, 0.1) is 6.92 Å². The van der Waals surface area contributed by atoms with E-state index in [4.69, 9.17) is 5.73 Å². The zero-order valence-corrected chi connectivity index (χ0v) is 20.2. The molecule has 8 nitrogen and oxygen atoms in total. The van der Waals surface area contributed by atoms with Crippen molar-refractivity contribution >= 4 is 34.1 Å². The first kappa shape index (κ1) is 24.7. The minimum atomic E-state index is -4.53. The van der Waals surface area contributed by atoms with Crippen LogP contribution < -0.4 is 11.1 Å². The highest BCUT2D eigenvalue weighted by atomic mass is 19.4. The van der Waals surface area contributed by atoms with Crippen LogP contribution in [0.2, 0.25) is 0 Å². The molecule has 194 valence electrons. The van der Waals surface area contributed by atoms with Crippen LogP contribution in [0.3, 0.4) is 0 Å². The number of aromatic nitrogens is 4. The SMILES string of the molecule is CC(=O)N1CCC(F)(c2cc3c(NCc4cc(N)cc(C(F)(F)F)c4)nc(C)nc3n3ccnc23)CC1. The second-order valence-corrected chi connectivity index (χ2v) is 9.32. The predicted octanol–water partition coefficient (Wildman–Crippen LogP) is 4.61. The fourth-order valence-corrected chi connectivity index (χ4v) is 4.85. The molecule has 1 amide bonds. The van der Waals surface area contributed by atoms with Crippen molar-refractivity contribution in [3.05, 3.63) is 59.2 Å². The number of halogens is 4. The number of hydrogen-bond acceptors (Lipinski definition) is 6. The van der Waals surface area contributed by atoms with Gasteiger partial charge in [-0.1, -0.05) is 0 Å². The van der Waals surface area contributed by atoms with Crippen molar-refractivity contribution in [3.63, 3.8) is 0 Å². The Balaban J connectivity index is 1.56. The van der Waals surface area contributed by atoms with Crippen LogP contribution in [-0.2, 0) is 23.2 Å². The number of carbonyl (C=O) groups is 1. The van der Waals surface area contributed by atoms with Gasteiger partial charge in [-0.3, -0.25) is 9.20 Å². The lowest BCUT2D eigenvalue weighted by atomic mass is 9.86. The van der Waals surface area contributed by atoms with Crippen molar-refractivity contribution in [2.24, 2.45) is 0 Å². The number of nitrogens with two attached hydrogens (primary N) is 1. The van der Waals surface area contributed by atoms with Gasteiger partial charge in [0.05, 0.1) is 10.9 Å². The lowest BCUT2D eigenvalue weighted by Crippen LogP contribution is -2.42. The van der Waals surface area contributed by atoms with E-state index in [-0.39, 0.29) is 44.1 Å². The molecule has 0 saturated carbocycles. The molecule has 0 radical (unpaired) electrons. The van der Waals surface area contributed by atoms with Gasteiger partial charge in [-0.05, 0) is 36.8 Å². The van der Waals surface area contributed by atoms with E-state index in [0.29, 0.717) is 39.4 Å². The summed E-state index contributed by atoms with van der Waals surface area (Å²) in [5.74, 6) is 0.670. The summed E-state index contributed by atoms with van der Waals surface area (Å²) in [6, 6.07) is 5.02. The quantitative estimate of drug-likeness (QED) is 0.304.